The molecule has 0 aliphatic rings. The van der Waals surface area contributed by atoms with Gasteiger partial charge >= 0.3 is 0 Å². The maximum Gasteiger partial charge on any atom is 0.166 e. The summed E-state index contributed by atoms with van der Waals surface area (Å²) in [5.74, 6) is 0. The van der Waals surface area contributed by atoms with Crippen LogP contribution in [0.1, 0.15) is 12.5 Å². The van der Waals surface area contributed by atoms with Crippen LogP contribution in [0.25, 0.3) is 0 Å². The molecule has 1 unspecified atom stereocenters. The van der Waals surface area contributed by atoms with Crippen LogP contribution in [0, 0.1) is 11.3 Å². The first-order valence-corrected chi connectivity index (χ1v) is 4.47. The lowest BCUT2D eigenvalue weighted by Crippen LogP contribution is -2.23. The summed E-state index contributed by atoms with van der Waals surface area (Å²) in [5, 5.41) is 17.5. The Morgan fingerprint density at radius 1 is 1.43 bits per heavy atom. The number of ether oxygens (including phenoxy) is 1. The van der Waals surface area contributed by atoms with E-state index in [2.05, 4.69) is 0 Å². The summed E-state index contributed by atoms with van der Waals surface area (Å²) in [6, 6.07) is 11.4. The van der Waals surface area contributed by atoms with Crippen molar-refractivity contribution >= 4 is 0 Å². The molecule has 0 spiro atoms. The average molecular weight is 191 g/mol. The number of hydrogen-bond donors (Lipinski definition) is 1. The Bertz CT molecular complexity index is 305. The lowest BCUT2D eigenvalue weighted by molar-refractivity contribution is -0.0123. The predicted octanol–water partition coefficient (Wildman–Crippen LogP) is 1.48. The van der Waals surface area contributed by atoms with E-state index < -0.39 is 12.2 Å². The molecule has 14 heavy (non-hydrogen) atoms. The smallest absolute Gasteiger partial charge is 0.166 e. The number of benzene rings is 1. The third-order valence-corrected chi connectivity index (χ3v) is 1.93. The SMILES string of the molecule is CC(OCc1ccccc1)[C@@H](O)C#N. The van der Waals surface area contributed by atoms with Gasteiger partial charge in [0.25, 0.3) is 0 Å². The number of nitriles is 1. The Morgan fingerprint density at radius 2 is 2.07 bits per heavy atom. The summed E-state index contributed by atoms with van der Waals surface area (Å²) in [5.41, 5.74) is 1.03. The fraction of sp³-hybridized carbons (Fsp3) is 0.364. The van der Waals surface area contributed by atoms with E-state index in [1.165, 1.54) is 0 Å². The molecule has 0 amide bonds. The van der Waals surface area contributed by atoms with Crippen LogP contribution in [0.4, 0.5) is 0 Å². The van der Waals surface area contributed by atoms with Gasteiger partial charge in [0.15, 0.2) is 6.10 Å². The van der Waals surface area contributed by atoms with Crippen LogP contribution in [-0.4, -0.2) is 17.3 Å². The van der Waals surface area contributed by atoms with E-state index in [1.54, 1.807) is 13.0 Å². The summed E-state index contributed by atoms with van der Waals surface area (Å²) in [7, 11) is 0. The fourth-order valence-corrected chi connectivity index (χ4v) is 0.998. The third-order valence-electron chi connectivity index (χ3n) is 1.93. The molecule has 3 heteroatoms. The highest BCUT2D eigenvalue weighted by molar-refractivity contribution is 5.13. The van der Waals surface area contributed by atoms with Crippen LogP contribution < -0.4 is 0 Å². The van der Waals surface area contributed by atoms with Gasteiger partial charge in [-0.15, -0.1) is 0 Å². The summed E-state index contributed by atoms with van der Waals surface area (Å²) in [4.78, 5) is 0. The second-order valence-electron chi connectivity index (χ2n) is 3.08. The van der Waals surface area contributed by atoms with Gasteiger partial charge in [-0.3, -0.25) is 0 Å². The Morgan fingerprint density at radius 3 is 2.64 bits per heavy atom. The molecule has 3 nitrogen and oxygen atoms in total. The number of aliphatic hydroxyl groups excluding tert-OH is 1. The van der Waals surface area contributed by atoms with Gasteiger partial charge in [0.1, 0.15) is 0 Å². The Kier molecular flexibility index (Phi) is 4.11. The number of rotatable bonds is 4. The monoisotopic (exact) mass is 191 g/mol. The van der Waals surface area contributed by atoms with Crippen LogP contribution in [0.5, 0.6) is 0 Å². The second-order valence-corrected chi connectivity index (χ2v) is 3.08. The summed E-state index contributed by atoms with van der Waals surface area (Å²) in [6.07, 6.45) is -1.51. The minimum atomic E-state index is -1.06. The van der Waals surface area contributed by atoms with Crippen LogP contribution in [0.2, 0.25) is 0 Å². The summed E-state index contributed by atoms with van der Waals surface area (Å²) >= 11 is 0. The Hall–Kier alpha value is -1.37. The van der Waals surface area contributed by atoms with Crippen LogP contribution >= 0.6 is 0 Å². The molecule has 0 aliphatic heterocycles. The standard InChI is InChI=1S/C11H13NO2/c1-9(11(13)7-12)14-8-10-5-3-2-4-6-10/h2-6,9,11,13H,8H2,1H3/t9?,11-/m0/s1. The van der Waals surface area contributed by atoms with E-state index in [4.69, 9.17) is 15.1 Å². The van der Waals surface area contributed by atoms with E-state index in [1.807, 2.05) is 30.3 Å². The molecule has 1 rings (SSSR count). The van der Waals surface area contributed by atoms with Crippen LogP contribution in [0.15, 0.2) is 30.3 Å². The van der Waals surface area contributed by atoms with Gasteiger partial charge in [0.2, 0.25) is 0 Å². The van der Waals surface area contributed by atoms with Crippen LogP contribution in [-0.2, 0) is 11.3 Å². The van der Waals surface area contributed by atoms with Gasteiger partial charge in [-0.05, 0) is 12.5 Å². The summed E-state index contributed by atoms with van der Waals surface area (Å²) in [6.45, 7) is 2.09. The molecule has 0 bridgehead atoms. The highest BCUT2D eigenvalue weighted by Crippen LogP contribution is 2.05. The molecule has 0 radical (unpaired) electrons. The molecule has 1 aromatic rings. The van der Waals surface area contributed by atoms with Crippen molar-refractivity contribution in [1.29, 1.82) is 5.26 Å². The largest absolute Gasteiger partial charge is 0.375 e. The van der Waals surface area contributed by atoms with Crippen molar-refractivity contribution < 1.29 is 9.84 Å². The maximum atomic E-state index is 9.12. The minimum Gasteiger partial charge on any atom is -0.375 e. The lowest BCUT2D eigenvalue weighted by atomic mass is 10.2. The zero-order chi connectivity index (χ0) is 10.4. The lowest BCUT2D eigenvalue weighted by Gasteiger charge is -2.13. The highest BCUT2D eigenvalue weighted by Gasteiger charge is 2.12. The Balaban J connectivity index is 2.39. The topological polar surface area (TPSA) is 53.2 Å². The van der Waals surface area contributed by atoms with Crippen molar-refractivity contribution in [3.05, 3.63) is 35.9 Å². The summed E-state index contributed by atoms with van der Waals surface area (Å²) < 4.78 is 5.31. The van der Waals surface area contributed by atoms with E-state index in [-0.39, 0.29) is 0 Å². The van der Waals surface area contributed by atoms with Crippen LogP contribution in [0.3, 0.4) is 0 Å². The van der Waals surface area contributed by atoms with E-state index in [0.29, 0.717) is 6.61 Å². The molecule has 1 N–H and O–H groups in total. The molecule has 74 valence electrons. The van der Waals surface area contributed by atoms with Gasteiger partial charge in [0.05, 0.1) is 18.8 Å². The number of hydrogen-bond acceptors (Lipinski definition) is 3. The molecule has 0 saturated heterocycles. The van der Waals surface area contributed by atoms with Gasteiger partial charge in [-0.25, -0.2) is 0 Å². The zero-order valence-electron chi connectivity index (χ0n) is 8.05. The number of nitrogens with zero attached hydrogens (tertiary/aromatic N) is 1. The Labute approximate surface area is 83.6 Å². The first kappa shape index (κ1) is 10.7. The third kappa shape index (κ3) is 3.17. The highest BCUT2D eigenvalue weighted by atomic mass is 16.5. The quantitative estimate of drug-likeness (QED) is 0.733. The van der Waals surface area contributed by atoms with Gasteiger partial charge in [0, 0.05) is 0 Å². The molecule has 2 atom stereocenters. The molecule has 0 aromatic heterocycles. The maximum absolute atomic E-state index is 9.12. The molecule has 0 saturated carbocycles. The van der Waals surface area contributed by atoms with Gasteiger partial charge in [-0.2, -0.15) is 5.26 Å². The zero-order valence-corrected chi connectivity index (χ0v) is 8.05. The van der Waals surface area contributed by atoms with E-state index in [9.17, 15) is 0 Å². The van der Waals surface area contributed by atoms with Crippen molar-refractivity contribution in [2.24, 2.45) is 0 Å². The minimum absolute atomic E-state index is 0.417. The molecule has 0 fully saturated rings. The van der Waals surface area contributed by atoms with Crippen molar-refractivity contribution in [3.63, 3.8) is 0 Å². The first-order valence-electron chi connectivity index (χ1n) is 4.47. The average Bonchev–Trinajstić information content (AvgIpc) is 2.26. The normalized spacial score (nSPS) is 14.4. The molecular weight excluding hydrogens is 178 g/mol. The van der Waals surface area contributed by atoms with Crippen molar-refractivity contribution in [3.8, 4) is 6.07 Å². The molecule has 0 aliphatic carbocycles. The van der Waals surface area contributed by atoms with Gasteiger partial charge in [-0.1, -0.05) is 30.3 Å². The second kappa shape index (κ2) is 5.38. The van der Waals surface area contributed by atoms with Gasteiger partial charge < -0.3 is 9.84 Å². The van der Waals surface area contributed by atoms with Crippen molar-refractivity contribution in [2.45, 2.75) is 25.7 Å². The van der Waals surface area contributed by atoms with Crippen molar-refractivity contribution in [1.82, 2.24) is 0 Å². The predicted molar refractivity (Wildman–Crippen MR) is 52.3 cm³/mol. The fourth-order valence-electron chi connectivity index (χ4n) is 0.998. The molecular formula is C11H13NO2. The number of aliphatic hydroxyl groups is 1. The molecule has 1 aromatic carbocycles. The first-order chi connectivity index (χ1) is 6.74. The van der Waals surface area contributed by atoms with Crippen molar-refractivity contribution in [2.75, 3.05) is 0 Å². The van der Waals surface area contributed by atoms with E-state index >= 15 is 0 Å². The van der Waals surface area contributed by atoms with E-state index in [0.717, 1.165) is 5.56 Å². The molecule has 0 heterocycles.